The van der Waals surface area contributed by atoms with E-state index in [1.54, 1.807) is 12.1 Å². The zero-order valence-electron chi connectivity index (χ0n) is 12.1. The average molecular weight is 296 g/mol. The lowest BCUT2D eigenvalue weighted by Crippen LogP contribution is -2.23. The second-order valence-corrected chi connectivity index (χ2v) is 5.44. The molecule has 0 aliphatic rings. The molecule has 0 aliphatic carbocycles. The van der Waals surface area contributed by atoms with Crippen molar-refractivity contribution < 1.29 is 9.53 Å². The van der Waals surface area contributed by atoms with Crippen LogP contribution in [0.4, 0.5) is 0 Å². The Morgan fingerprint density at radius 1 is 1.45 bits per heavy atom. The number of amides is 1. The first-order chi connectivity index (χ1) is 9.58. The van der Waals surface area contributed by atoms with Crippen molar-refractivity contribution in [1.82, 2.24) is 5.32 Å². The van der Waals surface area contributed by atoms with Gasteiger partial charge in [0, 0.05) is 30.9 Å². The van der Waals surface area contributed by atoms with Gasteiger partial charge in [-0.2, -0.15) is 0 Å². The number of benzene rings is 1. The lowest BCUT2D eigenvalue weighted by molar-refractivity contribution is -0.116. The molecular weight excluding hydrogens is 274 g/mol. The lowest BCUT2D eigenvalue weighted by atomic mass is 10.2. The minimum atomic E-state index is -0.103. The first-order valence-corrected chi connectivity index (χ1v) is 7.25. The Hall–Kier alpha value is -1.32. The van der Waals surface area contributed by atoms with Gasteiger partial charge in [-0.15, -0.1) is 0 Å². The zero-order chi connectivity index (χ0) is 14.8. The molecule has 0 radical (unpaired) electrons. The Morgan fingerprint density at radius 3 is 2.95 bits per heavy atom. The third-order valence-corrected chi connectivity index (χ3v) is 2.73. The summed E-state index contributed by atoms with van der Waals surface area (Å²) in [5.74, 6) is 0.444. The third kappa shape index (κ3) is 7.97. The highest BCUT2D eigenvalue weighted by Crippen LogP contribution is 2.11. The van der Waals surface area contributed by atoms with Crippen molar-refractivity contribution in [2.75, 3.05) is 19.8 Å². The molecule has 1 rings (SSSR count). The summed E-state index contributed by atoms with van der Waals surface area (Å²) in [6, 6.07) is 7.36. The maximum absolute atomic E-state index is 11.6. The molecule has 110 valence electrons. The predicted octanol–water partition coefficient (Wildman–Crippen LogP) is 3.53. The molecule has 0 bridgehead atoms. The summed E-state index contributed by atoms with van der Waals surface area (Å²) in [4.78, 5) is 11.6. The minimum Gasteiger partial charge on any atom is -0.381 e. The van der Waals surface area contributed by atoms with E-state index >= 15 is 0 Å². The van der Waals surface area contributed by atoms with Crippen LogP contribution in [0.3, 0.4) is 0 Å². The van der Waals surface area contributed by atoms with Crippen molar-refractivity contribution in [2.24, 2.45) is 5.92 Å². The van der Waals surface area contributed by atoms with Gasteiger partial charge in [0.05, 0.1) is 0 Å². The highest BCUT2D eigenvalue weighted by Gasteiger charge is 1.97. The molecule has 0 unspecified atom stereocenters. The molecule has 20 heavy (non-hydrogen) atoms. The molecule has 1 aromatic carbocycles. The molecule has 0 aliphatic heterocycles. The summed E-state index contributed by atoms with van der Waals surface area (Å²) in [7, 11) is 0. The minimum absolute atomic E-state index is 0.103. The van der Waals surface area contributed by atoms with Gasteiger partial charge in [-0.05, 0) is 36.1 Å². The van der Waals surface area contributed by atoms with Crippen LogP contribution < -0.4 is 5.32 Å². The molecule has 1 aromatic rings. The first-order valence-electron chi connectivity index (χ1n) is 6.87. The standard InChI is InChI=1S/C16H22ClNO2/c1-13(2)12-20-10-4-9-18-16(19)8-7-14-5-3-6-15(17)11-14/h3,5-8,11,13H,4,9-10,12H2,1-2H3,(H,18,19)/b8-7+. The van der Waals surface area contributed by atoms with Crippen molar-refractivity contribution in [3.8, 4) is 0 Å². The van der Waals surface area contributed by atoms with E-state index in [1.165, 1.54) is 6.08 Å². The number of carbonyl (C=O) groups is 1. The van der Waals surface area contributed by atoms with Gasteiger partial charge in [0.2, 0.25) is 5.91 Å². The lowest BCUT2D eigenvalue weighted by Gasteiger charge is -2.06. The fourth-order valence-electron chi connectivity index (χ4n) is 1.55. The molecule has 1 amide bonds. The van der Waals surface area contributed by atoms with Gasteiger partial charge in [-0.1, -0.05) is 37.6 Å². The van der Waals surface area contributed by atoms with Gasteiger partial charge in [-0.25, -0.2) is 0 Å². The number of rotatable bonds is 8. The normalized spacial score (nSPS) is 11.2. The van der Waals surface area contributed by atoms with Crippen LogP contribution in [0, 0.1) is 5.92 Å². The van der Waals surface area contributed by atoms with E-state index in [0.29, 0.717) is 24.1 Å². The van der Waals surface area contributed by atoms with Crippen molar-refractivity contribution in [2.45, 2.75) is 20.3 Å². The van der Waals surface area contributed by atoms with Crippen LogP contribution in [0.2, 0.25) is 5.02 Å². The van der Waals surface area contributed by atoms with Gasteiger partial charge in [0.15, 0.2) is 0 Å². The number of ether oxygens (including phenoxy) is 1. The number of hydrogen-bond acceptors (Lipinski definition) is 2. The predicted molar refractivity (Wildman–Crippen MR) is 83.8 cm³/mol. The highest BCUT2D eigenvalue weighted by atomic mass is 35.5. The second-order valence-electron chi connectivity index (χ2n) is 5.00. The second kappa shape index (κ2) is 9.56. The number of hydrogen-bond donors (Lipinski definition) is 1. The van der Waals surface area contributed by atoms with Crippen LogP contribution in [-0.2, 0) is 9.53 Å². The molecule has 0 fully saturated rings. The molecule has 4 heteroatoms. The largest absolute Gasteiger partial charge is 0.381 e. The molecule has 0 saturated heterocycles. The number of nitrogens with one attached hydrogen (secondary N) is 1. The van der Waals surface area contributed by atoms with Crippen molar-refractivity contribution in [3.05, 3.63) is 40.9 Å². The van der Waals surface area contributed by atoms with E-state index in [1.807, 2.05) is 18.2 Å². The van der Waals surface area contributed by atoms with Gasteiger partial charge >= 0.3 is 0 Å². The van der Waals surface area contributed by atoms with Crippen LogP contribution in [0.15, 0.2) is 30.3 Å². The molecule has 0 atom stereocenters. The topological polar surface area (TPSA) is 38.3 Å². The molecule has 3 nitrogen and oxygen atoms in total. The third-order valence-electron chi connectivity index (χ3n) is 2.49. The summed E-state index contributed by atoms with van der Waals surface area (Å²) in [5, 5.41) is 3.48. The monoisotopic (exact) mass is 295 g/mol. The number of carbonyl (C=O) groups excluding carboxylic acids is 1. The SMILES string of the molecule is CC(C)COCCCNC(=O)/C=C/c1cccc(Cl)c1. The fourth-order valence-corrected chi connectivity index (χ4v) is 1.74. The Bertz CT molecular complexity index is 444. The van der Waals surface area contributed by atoms with E-state index in [4.69, 9.17) is 16.3 Å². The van der Waals surface area contributed by atoms with Gasteiger partial charge in [0.1, 0.15) is 0 Å². The Kier molecular flexibility index (Phi) is 8.00. The zero-order valence-corrected chi connectivity index (χ0v) is 12.8. The molecule has 0 spiro atoms. The highest BCUT2D eigenvalue weighted by molar-refractivity contribution is 6.30. The fraction of sp³-hybridized carbons (Fsp3) is 0.438. The van der Waals surface area contributed by atoms with Crippen LogP contribution in [-0.4, -0.2) is 25.7 Å². The maximum Gasteiger partial charge on any atom is 0.244 e. The number of halogens is 1. The van der Waals surface area contributed by atoms with Crippen LogP contribution in [0.1, 0.15) is 25.8 Å². The van der Waals surface area contributed by atoms with Crippen LogP contribution in [0.5, 0.6) is 0 Å². The van der Waals surface area contributed by atoms with Gasteiger partial charge in [-0.3, -0.25) is 4.79 Å². The van der Waals surface area contributed by atoms with Crippen molar-refractivity contribution in [3.63, 3.8) is 0 Å². The summed E-state index contributed by atoms with van der Waals surface area (Å²) in [6.45, 7) is 6.29. The smallest absolute Gasteiger partial charge is 0.244 e. The average Bonchev–Trinajstić information content (AvgIpc) is 2.40. The van der Waals surface area contributed by atoms with E-state index in [2.05, 4.69) is 19.2 Å². The Morgan fingerprint density at radius 2 is 2.25 bits per heavy atom. The van der Waals surface area contributed by atoms with E-state index in [9.17, 15) is 4.79 Å². The van der Waals surface area contributed by atoms with E-state index < -0.39 is 0 Å². The van der Waals surface area contributed by atoms with Crippen molar-refractivity contribution in [1.29, 1.82) is 0 Å². The molecular formula is C16H22ClNO2. The van der Waals surface area contributed by atoms with E-state index in [-0.39, 0.29) is 5.91 Å². The van der Waals surface area contributed by atoms with E-state index in [0.717, 1.165) is 18.6 Å². The maximum atomic E-state index is 11.6. The molecule has 0 heterocycles. The molecule has 0 aromatic heterocycles. The summed E-state index contributed by atoms with van der Waals surface area (Å²) >= 11 is 5.87. The van der Waals surface area contributed by atoms with Crippen molar-refractivity contribution >= 4 is 23.6 Å². The quantitative estimate of drug-likeness (QED) is 0.588. The summed E-state index contributed by atoms with van der Waals surface area (Å²) in [5.41, 5.74) is 0.910. The Labute approximate surface area is 126 Å². The molecule has 0 saturated carbocycles. The summed E-state index contributed by atoms with van der Waals surface area (Å²) < 4.78 is 5.44. The Balaban J connectivity index is 2.17. The molecule has 1 N–H and O–H groups in total. The first kappa shape index (κ1) is 16.7. The van der Waals surface area contributed by atoms with Crippen LogP contribution >= 0.6 is 11.6 Å². The van der Waals surface area contributed by atoms with Gasteiger partial charge in [0.25, 0.3) is 0 Å². The van der Waals surface area contributed by atoms with Gasteiger partial charge < -0.3 is 10.1 Å². The van der Waals surface area contributed by atoms with Crippen LogP contribution in [0.25, 0.3) is 6.08 Å². The summed E-state index contributed by atoms with van der Waals surface area (Å²) in [6.07, 6.45) is 4.08.